The highest BCUT2D eigenvalue weighted by molar-refractivity contribution is 6.43. The Kier molecular flexibility index (Phi) is 7.91. The maximum atomic E-state index is 12.8. The van der Waals surface area contributed by atoms with Crippen molar-refractivity contribution in [3.05, 3.63) is 76.3 Å². The second-order valence-corrected chi connectivity index (χ2v) is 8.94. The van der Waals surface area contributed by atoms with Crippen molar-refractivity contribution in [1.82, 2.24) is 19.8 Å². The predicted octanol–water partition coefficient (Wildman–Crippen LogP) is 4.68. The zero-order valence-corrected chi connectivity index (χ0v) is 20.3. The van der Waals surface area contributed by atoms with Gasteiger partial charge in [-0.25, -0.2) is 4.98 Å². The number of aryl methyl sites for hydroxylation is 1. The number of para-hydroxylation sites is 1. The molecular formula is C25H29Cl2N5O. The van der Waals surface area contributed by atoms with Crippen molar-refractivity contribution in [2.75, 3.05) is 44.2 Å². The summed E-state index contributed by atoms with van der Waals surface area (Å²) in [6.45, 7) is 7.04. The van der Waals surface area contributed by atoms with E-state index in [1.165, 1.54) is 0 Å². The van der Waals surface area contributed by atoms with Crippen molar-refractivity contribution in [3.8, 4) is 5.69 Å². The fourth-order valence-corrected chi connectivity index (χ4v) is 4.52. The van der Waals surface area contributed by atoms with Crippen LogP contribution >= 0.6 is 23.2 Å². The van der Waals surface area contributed by atoms with E-state index in [0.717, 1.165) is 62.8 Å². The van der Waals surface area contributed by atoms with Gasteiger partial charge in [-0.15, -0.1) is 0 Å². The third-order valence-electron chi connectivity index (χ3n) is 5.88. The number of amides is 1. The second kappa shape index (κ2) is 11.1. The summed E-state index contributed by atoms with van der Waals surface area (Å²) in [5, 5.41) is 4.22. The van der Waals surface area contributed by atoms with E-state index in [2.05, 4.69) is 27.0 Å². The molecule has 0 spiro atoms. The molecule has 8 heteroatoms. The lowest BCUT2D eigenvalue weighted by atomic mass is 10.2. The minimum absolute atomic E-state index is 0.133. The molecule has 174 valence electrons. The van der Waals surface area contributed by atoms with Gasteiger partial charge in [-0.05, 0) is 30.7 Å². The van der Waals surface area contributed by atoms with Gasteiger partial charge in [0.15, 0.2) is 0 Å². The van der Waals surface area contributed by atoms with E-state index in [1.54, 1.807) is 6.07 Å². The number of carbonyl (C=O) groups excluding carboxylic acids is 1. The largest absolute Gasteiger partial charge is 0.368 e. The molecule has 6 nitrogen and oxygen atoms in total. The third-order valence-corrected chi connectivity index (χ3v) is 6.69. The summed E-state index contributed by atoms with van der Waals surface area (Å²) in [5.41, 5.74) is 2.46. The molecule has 2 aromatic carbocycles. The van der Waals surface area contributed by atoms with E-state index in [-0.39, 0.29) is 5.91 Å². The molecular weight excluding hydrogens is 457 g/mol. The van der Waals surface area contributed by atoms with E-state index in [1.807, 2.05) is 53.2 Å². The van der Waals surface area contributed by atoms with Crippen molar-refractivity contribution < 1.29 is 4.79 Å². The Hall–Kier alpha value is -2.54. The number of aromatic nitrogens is 2. The number of piperazine rings is 1. The molecule has 1 aromatic heterocycles. The van der Waals surface area contributed by atoms with Gasteiger partial charge in [0.2, 0.25) is 0 Å². The summed E-state index contributed by atoms with van der Waals surface area (Å²) in [5.74, 6) is 0.774. The first-order valence-electron chi connectivity index (χ1n) is 11.4. The van der Waals surface area contributed by atoms with E-state index >= 15 is 0 Å². The maximum absolute atomic E-state index is 12.8. The number of hydrogen-bond acceptors (Lipinski definition) is 4. The highest BCUT2D eigenvalue weighted by Crippen LogP contribution is 2.32. The summed E-state index contributed by atoms with van der Waals surface area (Å²) >= 11 is 12.5. The van der Waals surface area contributed by atoms with Crippen LogP contribution in [0.5, 0.6) is 0 Å². The molecule has 1 amide bonds. The van der Waals surface area contributed by atoms with Crippen LogP contribution in [0.25, 0.3) is 5.69 Å². The van der Waals surface area contributed by atoms with Crippen LogP contribution in [0.2, 0.25) is 10.0 Å². The number of halogens is 2. The Labute approximate surface area is 205 Å². The number of anilines is 1. The van der Waals surface area contributed by atoms with Gasteiger partial charge in [-0.3, -0.25) is 9.69 Å². The van der Waals surface area contributed by atoms with Crippen LogP contribution in [0.3, 0.4) is 0 Å². The van der Waals surface area contributed by atoms with E-state index in [9.17, 15) is 4.79 Å². The summed E-state index contributed by atoms with van der Waals surface area (Å²) in [7, 11) is 0. The summed E-state index contributed by atoms with van der Waals surface area (Å²) in [4.78, 5) is 22.0. The minimum Gasteiger partial charge on any atom is -0.368 e. The van der Waals surface area contributed by atoms with Crippen molar-refractivity contribution in [3.63, 3.8) is 0 Å². The molecule has 0 bridgehead atoms. The number of nitrogens with zero attached hydrogens (tertiary/aromatic N) is 4. The van der Waals surface area contributed by atoms with E-state index < -0.39 is 0 Å². The standard InChI is InChI=1S/C25H29Cl2N5O/c1-2-7-23-29-21(18-32(23)19-8-4-3-5-9-19)25(33)28-12-13-30-14-16-31(17-15-30)22-11-6-10-20(26)24(22)27/h3-6,8-11,18H,2,7,12-17H2,1H3,(H,28,33). The molecule has 0 saturated carbocycles. The lowest BCUT2D eigenvalue weighted by Crippen LogP contribution is -2.48. The number of nitrogens with one attached hydrogen (secondary N) is 1. The van der Waals surface area contributed by atoms with Gasteiger partial charge in [0.05, 0.1) is 15.7 Å². The summed E-state index contributed by atoms with van der Waals surface area (Å²) in [6.07, 6.45) is 3.63. The van der Waals surface area contributed by atoms with Gasteiger partial charge in [-0.1, -0.05) is 54.4 Å². The molecule has 1 aliphatic heterocycles. The topological polar surface area (TPSA) is 53.4 Å². The van der Waals surface area contributed by atoms with Crippen LogP contribution in [0.4, 0.5) is 5.69 Å². The maximum Gasteiger partial charge on any atom is 0.271 e. The molecule has 3 aromatic rings. The van der Waals surface area contributed by atoms with Crippen molar-refractivity contribution in [2.45, 2.75) is 19.8 Å². The van der Waals surface area contributed by atoms with E-state index in [0.29, 0.717) is 22.3 Å². The van der Waals surface area contributed by atoms with Gasteiger partial charge >= 0.3 is 0 Å². The fourth-order valence-electron chi connectivity index (χ4n) is 4.11. The molecule has 2 heterocycles. The Morgan fingerprint density at radius 3 is 2.52 bits per heavy atom. The SMILES string of the molecule is CCCc1nc(C(=O)NCCN2CCN(c3cccc(Cl)c3Cl)CC2)cn1-c1ccccc1. The average molecular weight is 486 g/mol. The van der Waals surface area contributed by atoms with E-state index in [4.69, 9.17) is 23.2 Å². The molecule has 1 fully saturated rings. The number of benzene rings is 2. The average Bonchev–Trinajstić information content (AvgIpc) is 3.26. The predicted molar refractivity (Wildman–Crippen MR) is 135 cm³/mol. The zero-order valence-electron chi connectivity index (χ0n) is 18.8. The summed E-state index contributed by atoms with van der Waals surface area (Å²) < 4.78 is 2.01. The van der Waals surface area contributed by atoms with Gasteiger partial charge in [0, 0.05) is 57.6 Å². The lowest BCUT2D eigenvalue weighted by molar-refractivity contribution is 0.0943. The first-order valence-corrected chi connectivity index (χ1v) is 12.2. The van der Waals surface area contributed by atoms with Gasteiger partial charge in [0.1, 0.15) is 11.5 Å². The molecule has 0 aliphatic carbocycles. The number of rotatable bonds is 8. The van der Waals surface area contributed by atoms with Gasteiger partial charge < -0.3 is 14.8 Å². The Balaban J connectivity index is 1.29. The molecule has 1 N–H and O–H groups in total. The second-order valence-electron chi connectivity index (χ2n) is 8.16. The molecule has 33 heavy (non-hydrogen) atoms. The lowest BCUT2D eigenvalue weighted by Gasteiger charge is -2.36. The van der Waals surface area contributed by atoms with Crippen LogP contribution < -0.4 is 10.2 Å². The first-order chi connectivity index (χ1) is 16.1. The smallest absolute Gasteiger partial charge is 0.271 e. The van der Waals surface area contributed by atoms with Crippen LogP contribution in [0.15, 0.2) is 54.7 Å². The minimum atomic E-state index is -0.133. The normalized spacial score (nSPS) is 14.5. The van der Waals surface area contributed by atoms with Crippen LogP contribution in [0.1, 0.15) is 29.7 Å². The van der Waals surface area contributed by atoms with Crippen molar-refractivity contribution in [1.29, 1.82) is 0 Å². The highest BCUT2D eigenvalue weighted by Gasteiger charge is 2.20. The van der Waals surface area contributed by atoms with Crippen LogP contribution in [-0.2, 0) is 6.42 Å². The molecule has 1 saturated heterocycles. The number of imidazole rings is 1. The highest BCUT2D eigenvalue weighted by atomic mass is 35.5. The quantitative estimate of drug-likeness (QED) is 0.502. The van der Waals surface area contributed by atoms with Crippen LogP contribution in [0, 0.1) is 0 Å². The molecule has 4 rings (SSSR count). The monoisotopic (exact) mass is 485 g/mol. The molecule has 1 aliphatic rings. The first kappa shape index (κ1) is 23.6. The zero-order chi connectivity index (χ0) is 23.2. The number of carbonyl (C=O) groups is 1. The summed E-state index contributed by atoms with van der Waals surface area (Å²) in [6, 6.07) is 15.8. The Bertz CT molecular complexity index is 1080. The van der Waals surface area contributed by atoms with Crippen molar-refractivity contribution >= 4 is 34.8 Å². The van der Waals surface area contributed by atoms with Crippen LogP contribution in [-0.4, -0.2) is 59.6 Å². The van der Waals surface area contributed by atoms with Crippen molar-refractivity contribution in [2.24, 2.45) is 0 Å². The molecule has 0 unspecified atom stereocenters. The molecule has 0 radical (unpaired) electrons. The van der Waals surface area contributed by atoms with Gasteiger partial charge in [0.25, 0.3) is 5.91 Å². The fraction of sp³-hybridized carbons (Fsp3) is 0.360. The Morgan fingerprint density at radius 1 is 1.03 bits per heavy atom. The number of hydrogen-bond donors (Lipinski definition) is 1. The third kappa shape index (κ3) is 5.69. The molecule has 0 atom stereocenters. The Morgan fingerprint density at radius 2 is 1.79 bits per heavy atom. The van der Waals surface area contributed by atoms with Gasteiger partial charge in [-0.2, -0.15) is 0 Å².